The number of benzene rings is 6. The van der Waals surface area contributed by atoms with Crippen LogP contribution in [0.25, 0.3) is 0 Å². The van der Waals surface area contributed by atoms with Crippen LogP contribution in [0.1, 0.15) is 37.4 Å². The van der Waals surface area contributed by atoms with Gasteiger partial charge in [-0.1, -0.05) is 181 Å². The van der Waals surface area contributed by atoms with E-state index in [0.29, 0.717) is 16.7 Å². The zero-order valence-electron chi connectivity index (χ0n) is 25.3. The standard InChI is InChI=1S/C41H32NO3P/c1-30-26-28-31(29-27-30)38(42-45)36-24-14-15-25-37(36)40(44)41(39(43)32-16-6-2-7-17-32)46(33-18-8-3-9-19-33,34-20-10-4-11-21-34)35-22-12-5-13-23-35/h2-29,45H,1H3. The lowest BCUT2D eigenvalue weighted by Crippen LogP contribution is -2.38. The van der Waals surface area contributed by atoms with Crippen molar-refractivity contribution in [1.29, 1.82) is 0 Å². The van der Waals surface area contributed by atoms with Gasteiger partial charge in [0.1, 0.15) is 5.71 Å². The highest BCUT2D eigenvalue weighted by molar-refractivity contribution is 7.97. The molecule has 0 aliphatic carbocycles. The molecule has 0 aliphatic heterocycles. The third kappa shape index (κ3) is 5.67. The first-order valence-electron chi connectivity index (χ1n) is 15.0. The lowest BCUT2D eigenvalue weighted by atomic mass is 9.92. The van der Waals surface area contributed by atoms with Crippen LogP contribution in [0.5, 0.6) is 0 Å². The second-order valence-electron chi connectivity index (χ2n) is 10.9. The van der Waals surface area contributed by atoms with Crippen molar-refractivity contribution in [3.8, 4) is 0 Å². The van der Waals surface area contributed by atoms with Crippen molar-refractivity contribution in [3.63, 3.8) is 0 Å². The molecular weight excluding hydrogens is 585 g/mol. The van der Waals surface area contributed by atoms with Gasteiger partial charge in [0.25, 0.3) is 0 Å². The van der Waals surface area contributed by atoms with E-state index in [1.807, 2.05) is 140 Å². The van der Waals surface area contributed by atoms with Crippen molar-refractivity contribution in [2.24, 2.45) is 5.16 Å². The molecule has 0 bridgehead atoms. The molecule has 0 aliphatic rings. The second kappa shape index (κ2) is 13.6. The molecule has 6 aromatic carbocycles. The zero-order valence-corrected chi connectivity index (χ0v) is 26.2. The molecule has 6 aromatic rings. The SMILES string of the molecule is Cc1ccc(C(=NO)c2ccccc2C(=O)C(C(=O)c2ccccc2)=P(c2ccccc2)(c2ccccc2)c2ccccc2)cc1. The van der Waals surface area contributed by atoms with Gasteiger partial charge in [0.05, 0.1) is 5.29 Å². The van der Waals surface area contributed by atoms with Crippen LogP contribution in [0.15, 0.2) is 175 Å². The number of hydrogen-bond donors (Lipinski definition) is 1. The fraction of sp³-hybridized carbons (Fsp3) is 0.0244. The number of aryl methyl sites for hydroxylation is 1. The van der Waals surface area contributed by atoms with Crippen LogP contribution in [0.4, 0.5) is 0 Å². The highest BCUT2D eigenvalue weighted by atomic mass is 31.2. The maximum atomic E-state index is 15.5. The van der Waals surface area contributed by atoms with Crippen LogP contribution in [-0.4, -0.2) is 27.8 Å². The Morgan fingerprint density at radius 2 is 0.891 bits per heavy atom. The highest BCUT2D eigenvalue weighted by Gasteiger charge is 2.38. The Morgan fingerprint density at radius 3 is 1.35 bits per heavy atom. The maximum Gasteiger partial charge on any atom is 0.198 e. The summed E-state index contributed by atoms with van der Waals surface area (Å²) in [5.74, 6) is -0.759. The van der Waals surface area contributed by atoms with Gasteiger partial charge in [0.15, 0.2) is 11.6 Å². The van der Waals surface area contributed by atoms with E-state index in [1.165, 1.54) is 0 Å². The number of oxime groups is 1. The second-order valence-corrected chi connectivity index (χ2v) is 14.2. The monoisotopic (exact) mass is 617 g/mol. The first kappa shape index (κ1) is 30.5. The minimum atomic E-state index is -3.13. The number of carbonyl (C=O) groups is 2. The van der Waals surface area contributed by atoms with Crippen LogP contribution < -0.4 is 15.9 Å². The van der Waals surface area contributed by atoms with Crippen molar-refractivity contribution in [3.05, 3.63) is 198 Å². The summed E-state index contributed by atoms with van der Waals surface area (Å²) in [6.45, 7) is -1.15. The number of Topliss-reactive ketones (excluding diaryl/α,β-unsaturated/α-hetero) is 2. The number of carbonyl (C=O) groups excluding carboxylic acids is 2. The van der Waals surface area contributed by atoms with Gasteiger partial charge >= 0.3 is 0 Å². The van der Waals surface area contributed by atoms with Gasteiger partial charge < -0.3 is 5.21 Å². The maximum absolute atomic E-state index is 15.5. The number of ketones is 2. The van der Waals surface area contributed by atoms with Crippen molar-refractivity contribution in [2.45, 2.75) is 6.92 Å². The molecule has 0 spiro atoms. The van der Waals surface area contributed by atoms with Gasteiger partial charge in [0.2, 0.25) is 0 Å². The van der Waals surface area contributed by atoms with Gasteiger partial charge in [-0.15, -0.1) is 0 Å². The Morgan fingerprint density at radius 1 is 0.478 bits per heavy atom. The molecule has 0 heterocycles. The zero-order chi connectivity index (χ0) is 31.9. The molecule has 4 nitrogen and oxygen atoms in total. The summed E-state index contributed by atoms with van der Waals surface area (Å²) in [6, 6.07) is 53.2. The van der Waals surface area contributed by atoms with E-state index in [1.54, 1.807) is 36.4 Å². The van der Waals surface area contributed by atoms with E-state index in [9.17, 15) is 5.21 Å². The molecule has 1 N–H and O–H groups in total. The van der Waals surface area contributed by atoms with E-state index in [2.05, 4.69) is 5.16 Å². The van der Waals surface area contributed by atoms with Gasteiger partial charge in [-0.2, -0.15) is 0 Å². The smallest absolute Gasteiger partial charge is 0.198 e. The lowest BCUT2D eigenvalue weighted by molar-refractivity contribution is 0.102. The first-order chi connectivity index (χ1) is 22.6. The third-order valence-electron chi connectivity index (χ3n) is 8.08. The Balaban J connectivity index is 1.78. The Kier molecular flexibility index (Phi) is 9.01. The van der Waals surface area contributed by atoms with E-state index in [0.717, 1.165) is 21.5 Å². The Hall–Kier alpha value is -5.57. The number of rotatable bonds is 9. The fourth-order valence-corrected chi connectivity index (χ4v) is 10.3. The number of nitrogens with zero attached hydrogens (tertiary/aromatic N) is 1. The molecule has 224 valence electrons. The van der Waals surface area contributed by atoms with Gasteiger partial charge in [-0.25, -0.2) is 0 Å². The van der Waals surface area contributed by atoms with Crippen molar-refractivity contribution in [1.82, 2.24) is 0 Å². The van der Waals surface area contributed by atoms with Crippen LogP contribution in [-0.2, 0) is 0 Å². The topological polar surface area (TPSA) is 66.7 Å². The average molecular weight is 618 g/mol. The summed E-state index contributed by atoms with van der Waals surface area (Å²) in [5, 5.41) is 16.8. The van der Waals surface area contributed by atoms with Gasteiger partial charge in [-0.05, 0) is 29.7 Å². The van der Waals surface area contributed by atoms with Crippen LogP contribution in [0.3, 0.4) is 0 Å². The van der Waals surface area contributed by atoms with Crippen molar-refractivity contribution < 1.29 is 14.8 Å². The van der Waals surface area contributed by atoms with Gasteiger partial charge in [-0.3, -0.25) is 9.59 Å². The predicted molar refractivity (Wildman–Crippen MR) is 190 cm³/mol. The van der Waals surface area contributed by atoms with Crippen LogP contribution >= 0.6 is 6.89 Å². The van der Waals surface area contributed by atoms with E-state index in [4.69, 9.17) is 0 Å². The van der Waals surface area contributed by atoms with Crippen LogP contribution in [0.2, 0.25) is 0 Å². The van der Waals surface area contributed by atoms with E-state index >= 15 is 9.59 Å². The Labute approximate surface area is 269 Å². The van der Waals surface area contributed by atoms with Crippen LogP contribution in [0, 0.1) is 6.92 Å². The molecule has 0 aromatic heterocycles. The molecule has 0 fully saturated rings. The van der Waals surface area contributed by atoms with E-state index < -0.39 is 12.7 Å². The highest BCUT2D eigenvalue weighted by Crippen LogP contribution is 2.47. The quantitative estimate of drug-likeness (QED) is 0.0458. The van der Waals surface area contributed by atoms with Crippen molar-refractivity contribution in [2.75, 3.05) is 0 Å². The predicted octanol–water partition coefficient (Wildman–Crippen LogP) is 7.45. The summed E-state index contributed by atoms with van der Waals surface area (Å²) in [7, 11) is 0. The normalized spacial score (nSPS) is 11.5. The molecule has 0 saturated heterocycles. The number of hydrogen-bond acceptors (Lipinski definition) is 4. The largest absolute Gasteiger partial charge is 0.410 e. The summed E-state index contributed by atoms with van der Waals surface area (Å²) < 4.78 is 0. The molecular formula is C41H32NO3P. The summed E-state index contributed by atoms with van der Waals surface area (Å²) >= 11 is 0. The molecule has 6 rings (SSSR count). The molecule has 0 amide bonds. The van der Waals surface area contributed by atoms with Crippen molar-refractivity contribution >= 4 is 45.4 Å². The summed E-state index contributed by atoms with van der Waals surface area (Å²) in [5.41, 5.74) is 3.09. The fourth-order valence-electron chi connectivity index (χ4n) is 5.92. The first-order valence-corrected chi connectivity index (χ1v) is 16.8. The summed E-state index contributed by atoms with van der Waals surface area (Å²) in [6.07, 6.45) is 0. The van der Waals surface area contributed by atoms with E-state index in [-0.39, 0.29) is 22.4 Å². The molecule has 46 heavy (non-hydrogen) atoms. The molecule has 0 saturated carbocycles. The average Bonchev–Trinajstić information content (AvgIpc) is 3.13. The lowest BCUT2D eigenvalue weighted by Gasteiger charge is -2.32. The molecule has 0 unspecified atom stereocenters. The molecule has 0 radical (unpaired) electrons. The molecule has 5 heteroatoms. The third-order valence-corrected chi connectivity index (χ3v) is 12.4. The minimum absolute atomic E-state index is 0.177. The molecule has 0 atom stereocenters. The van der Waals surface area contributed by atoms with Gasteiger partial charge in [0, 0.05) is 22.3 Å². The minimum Gasteiger partial charge on any atom is -0.410 e. The Bertz CT molecular complexity index is 1970. The summed E-state index contributed by atoms with van der Waals surface area (Å²) in [4.78, 5) is 30.6.